The minimum atomic E-state index is -0.781. The summed E-state index contributed by atoms with van der Waals surface area (Å²) in [4.78, 5) is 34.3. The van der Waals surface area contributed by atoms with E-state index in [9.17, 15) is 14.0 Å². The monoisotopic (exact) mass is 390 g/mol. The van der Waals surface area contributed by atoms with Crippen molar-refractivity contribution >= 4 is 50.9 Å². The summed E-state index contributed by atoms with van der Waals surface area (Å²) < 4.78 is 13.5. The molecule has 0 saturated heterocycles. The molecule has 26 heavy (non-hydrogen) atoms. The van der Waals surface area contributed by atoms with Crippen LogP contribution < -0.4 is 10.6 Å². The van der Waals surface area contributed by atoms with E-state index in [1.165, 1.54) is 36.3 Å². The molecule has 2 N–H and O–H groups in total. The van der Waals surface area contributed by atoms with Crippen LogP contribution in [0.4, 0.5) is 14.9 Å². The van der Waals surface area contributed by atoms with Crippen molar-refractivity contribution in [2.75, 3.05) is 11.1 Å². The number of anilines is 1. The number of urea groups is 1. The maximum atomic E-state index is 13.5. The van der Waals surface area contributed by atoms with Crippen molar-refractivity contribution in [1.29, 1.82) is 0 Å². The standard InChI is InChI=1S/C17H15FN4O2S2/c1-9-10(2)26-16-14(9)15(19-8-20-16)25-7-13(23)22-17(24)21-12-6-4-3-5-11(12)18/h3-6,8H,7H2,1-2H3,(H2,21,22,23,24). The molecule has 3 amide bonds. The number of hydrogen-bond donors (Lipinski definition) is 2. The Morgan fingerprint density at radius 2 is 2.00 bits per heavy atom. The molecule has 0 fully saturated rings. The molecule has 2 aromatic heterocycles. The van der Waals surface area contributed by atoms with Crippen molar-refractivity contribution in [3.05, 3.63) is 46.9 Å². The Balaban J connectivity index is 1.61. The first kappa shape index (κ1) is 18.3. The smallest absolute Gasteiger partial charge is 0.305 e. The molecule has 0 bridgehead atoms. The molecule has 0 atom stereocenters. The van der Waals surface area contributed by atoms with Crippen LogP contribution in [-0.2, 0) is 4.79 Å². The molecule has 0 spiro atoms. The van der Waals surface area contributed by atoms with Crippen LogP contribution in [0.1, 0.15) is 10.4 Å². The number of nitrogens with one attached hydrogen (secondary N) is 2. The van der Waals surface area contributed by atoms with Crippen molar-refractivity contribution in [3.8, 4) is 0 Å². The van der Waals surface area contributed by atoms with E-state index in [-0.39, 0.29) is 11.4 Å². The summed E-state index contributed by atoms with van der Waals surface area (Å²) in [5.41, 5.74) is 1.10. The average Bonchev–Trinajstić information content (AvgIpc) is 2.90. The van der Waals surface area contributed by atoms with Gasteiger partial charge in [0.1, 0.15) is 22.0 Å². The zero-order valence-electron chi connectivity index (χ0n) is 14.0. The Hall–Kier alpha value is -2.52. The van der Waals surface area contributed by atoms with Crippen molar-refractivity contribution in [2.24, 2.45) is 0 Å². The molecule has 3 aromatic rings. The quantitative estimate of drug-likeness (QED) is 0.522. The summed E-state index contributed by atoms with van der Waals surface area (Å²) in [7, 11) is 0. The molecule has 1 aromatic carbocycles. The lowest BCUT2D eigenvalue weighted by molar-refractivity contribution is -0.117. The zero-order chi connectivity index (χ0) is 18.7. The topological polar surface area (TPSA) is 84.0 Å². The number of amides is 3. The lowest BCUT2D eigenvalue weighted by Crippen LogP contribution is -2.35. The van der Waals surface area contributed by atoms with Crippen LogP contribution in [0, 0.1) is 19.7 Å². The molecule has 9 heteroatoms. The highest BCUT2D eigenvalue weighted by molar-refractivity contribution is 8.00. The van der Waals surface area contributed by atoms with E-state index in [1.807, 2.05) is 13.8 Å². The first-order valence-electron chi connectivity index (χ1n) is 7.64. The number of thioether (sulfide) groups is 1. The van der Waals surface area contributed by atoms with Crippen LogP contribution in [0.2, 0.25) is 0 Å². The van der Waals surface area contributed by atoms with Gasteiger partial charge < -0.3 is 5.32 Å². The Morgan fingerprint density at radius 3 is 2.77 bits per heavy atom. The van der Waals surface area contributed by atoms with Gasteiger partial charge in [0.15, 0.2) is 0 Å². The number of benzene rings is 1. The Labute approximate surface area is 157 Å². The third-order valence-corrected chi connectivity index (χ3v) is 5.75. The van der Waals surface area contributed by atoms with E-state index < -0.39 is 17.8 Å². The molecule has 0 aliphatic rings. The second kappa shape index (κ2) is 7.79. The molecular weight excluding hydrogens is 375 g/mol. The Kier molecular flexibility index (Phi) is 5.48. The minimum Gasteiger partial charge on any atom is -0.305 e. The normalized spacial score (nSPS) is 10.7. The molecule has 134 valence electrons. The number of fused-ring (bicyclic) bond motifs is 1. The predicted molar refractivity (Wildman–Crippen MR) is 101 cm³/mol. The average molecular weight is 390 g/mol. The lowest BCUT2D eigenvalue weighted by Gasteiger charge is -2.07. The molecular formula is C17H15FN4O2S2. The summed E-state index contributed by atoms with van der Waals surface area (Å²) >= 11 is 2.80. The third-order valence-electron chi connectivity index (χ3n) is 3.65. The molecule has 0 aliphatic heterocycles. The Bertz CT molecular complexity index is 990. The van der Waals surface area contributed by atoms with Crippen LogP contribution in [0.25, 0.3) is 10.2 Å². The maximum Gasteiger partial charge on any atom is 0.325 e. The van der Waals surface area contributed by atoms with Gasteiger partial charge in [0.2, 0.25) is 5.91 Å². The molecule has 0 saturated carbocycles. The molecule has 2 heterocycles. The molecule has 6 nitrogen and oxygen atoms in total. The third kappa shape index (κ3) is 4.00. The van der Waals surface area contributed by atoms with Gasteiger partial charge in [0, 0.05) is 10.3 Å². The second-order valence-corrected chi connectivity index (χ2v) is 7.58. The lowest BCUT2D eigenvalue weighted by atomic mass is 10.2. The van der Waals surface area contributed by atoms with Crippen molar-refractivity contribution in [1.82, 2.24) is 15.3 Å². The summed E-state index contributed by atoms with van der Waals surface area (Å²) in [5.74, 6) is -1.07. The predicted octanol–water partition coefficient (Wildman–Crippen LogP) is 3.89. The van der Waals surface area contributed by atoms with E-state index in [0.717, 1.165) is 20.7 Å². The van der Waals surface area contributed by atoms with E-state index in [0.29, 0.717) is 5.03 Å². The fraction of sp³-hybridized carbons (Fsp3) is 0.176. The number of carbonyl (C=O) groups is 2. The highest BCUT2D eigenvalue weighted by atomic mass is 32.2. The zero-order valence-corrected chi connectivity index (χ0v) is 15.6. The van der Waals surface area contributed by atoms with Gasteiger partial charge in [0.25, 0.3) is 0 Å². The number of aromatic nitrogens is 2. The number of aryl methyl sites for hydroxylation is 2. The Morgan fingerprint density at radius 1 is 1.23 bits per heavy atom. The SMILES string of the molecule is Cc1sc2ncnc(SCC(=O)NC(=O)Nc3ccccc3F)c2c1C. The van der Waals surface area contributed by atoms with Crippen LogP contribution in [0.15, 0.2) is 35.6 Å². The fourth-order valence-electron chi connectivity index (χ4n) is 2.27. The fourth-order valence-corrected chi connectivity index (χ4v) is 4.19. The minimum absolute atomic E-state index is 0.00510. The van der Waals surface area contributed by atoms with Gasteiger partial charge in [-0.25, -0.2) is 19.2 Å². The van der Waals surface area contributed by atoms with Gasteiger partial charge in [-0.05, 0) is 31.5 Å². The number of para-hydroxylation sites is 1. The molecule has 0 radical (unpaired) electrons. The van der Waals surface area contributed by atoms with E-state index in [4.69, 9.17) is 0 Å². The highest BCUT2D eigenvalue weighted by Crippen LogP contribution is 2.34. The van der Waals surface area contributed by atoms with Crippen molar-refractivity contribution in [3.63, 3.8) is 0 Å². The van der Waals surface area contributed by atoms with Gasteiger partial charge in [-0.15, -0.1) is 11.3 Å². The van der Waals surface area contributed by atoms with Crippen LogP contribution in [0.5, 0.6) is 0 Å². The first-order chi connectivity index (χ1) is 12.5. The van der Waals surface area contributed by atoms with Gasteiger partial charge in [-0.2, -0.15) is 0 Å². The van der Waals surface area contributed by atoms with Gasteiger partial charge in [-0.3, -0.25) is 10.1 Å². The number of thiophene rings is 1. The molecule has 3 rings (SSSR count). The summed E-state index contributed by atoms with van der Waals surface area (Å²) in [5, 5.41) is 6.11. The van der Waals surface area contributed by atoms with Gasteiger partial charge in [-0.1, -0.05) is 23.9 Å². The van der Waals surface area contributed by atoms with Gasteiger partial charge in [0.05, 0.1) is 11.4 Å². The van der Waals surface area contributed by atoms with Gasteiger partial charge >= 0.3 is 6.03 Å². The first-order valence-corrected chi connectivity index (χ1v) is 9.44. The number of rotatable bonds is 4. The van der Waals surface area contributed by atoms with E-state index >= 15 is 0 Å². The number of hydrogen-bond acceptors (Lipinski definition) is 6. The van der Waals surface area contributed by atoms with Crippen LogP contribution in [0.3, 0.4) is 0 Å². The van der Waals surface area contributed by atoms with Crippen molar-refractivity contribution < 1.29 is 14.0 Å². The number of carbonyl (C=O) groups excluding carboxylic acids is 2. The van der Waals surface area contributed by atoms with Crippen molar-refractivity contribution in [2.45, 2.75) is 18.9 Å². The van der Waals surface area contributed by atoms with Crippen LogP contribution >= 0.6 is 23.1 Å². The summed E-state index contributed by atoms with van der Waals surface area (Å²) in [6, 6.07) is 4.95. The maximum absolute atomic E-state index is 13.5. The number of halogens is 1. The number of imide groups is 1. The molecule has 0 unspecified atom stereocenters. The largest absolute Gasteiger partial charge is 0.325 e. The van der Waals surface area contributed by atoms with E-state index in [2.05, 4.69) is 20.6 Å². The number of nitrogens with zero attached hydrogens (tertiary/aromatic N) is 2. The summed E-state index contributed by atoms with van der Waals surface area (Å²) in [6.45, 7) is 4.00. The van der Waals surface area contributed by atoms with E-state index in [1.54, 1.807) is 17.4 Å². The van der Waals surface area contributed by atoms with Crippen LogP contribution in [-0.4, -0.2) is 27.7 Å². The highest BCUT2D eigenvalue weighted by Gasteiger charge is 2.15. The summed E-state index contributed by atoms with van der Waals surface area (Å²) in [6.07, 6.45) is 1.46. The second-order valence-electron chi connectivity index (χ2n) is 5.41. The molecule has 0 aliphatic carbocycles.